The number of aromatic nitrogens is 1. The quantitative estimate of drug-likeness (QED) is 0.815. The SMILES string of the molecule is CC(C)(C)[C@]12C[C@@H](CN1C(=O)O)N(Cc1ccc(Br)nc1)C2. The Kier molecular flexibility index (Phi) is 3.72. The van der Waals surface area contributed by atoms with Gasteiger partial charge in [-0.1, -0.05) is 26.8 Å². The lowest BCUT2D eigenvalue weighted by Gasteiger charge is -2.48. The summed E-state index contributed by atoms with van der Waals surface area (Å²) >= 11 is 3.35. The van der Waals surface area contributed by atoms with Crippen molar-refractivity contribution in [2.24, 2.45) is 5.41 Å². The van der Waals surface area contributed by atoms with Crippen LogP contribution in [0, 0.1) is 5.41 Å². The van der Waals surface area contributed by atoms with Gasteiger partial charge in [0.2, 0.25) is 0 Å². The molecule has 6 heteroatoms. The normalized spacial score (nSPS) is 28.4. The van der Waals surface area contributed by atoms with Crippen LogP contribution in [-0.2, 0) is 6.54 Å². The van der Waals surface area contributed by atoms with Crippen LogP contribution in [0.1, 0.15) is 32.8 Å². The number of hydrogen-bond donors (Lipinski definition) is 1. The summed E-state index contributed by atoms with van der Waals surface area (Å²) in [4.78, 5) is 20.0. The van der Waals surface area contributed by atoms with Crippen molar-refractivity contribution in [3.63, 3.8) is 0 Å². The predicted octanol–water partition coefficient (Wildman–Crippen LogP) is 3.20. The molecular formula is C16H22BrN3O2. The summed E-state index contributed by atoms with van der Waals surface area (Å²) in [6.07, 6.45) is 2.02. The third-order valence-corrected chi connectivity index (χ3v) is 5.73. The van der Waals surface area contributed by atoms with Gasteiger partial charge in [-0.2, -0.15) is 0 Å². The molecule has 2 saturated heterocycles. The van der Waals surface area contributed by atoms with Gasteiger partial charge in [0, 0.05) is 31.9 Å². The third-order valence-electron chi connectivity index (χ3n) is 5.27. The maximum absolute atomic E-state index is 11.6. The van der Waals surface area contributed by atoms with Gasteiger partial charge in [-0.3, -0.25) is 9.80 Å². The maximum atomic E-state index is 11.6. The average Bonchev–Trinajstić information content (AvgIpc) is 2.97. The highest BCUT2D eigenvalue weighted by molar-refractivity contribution is 9.10. The first-order valence-corrected chi connectivity index (χ1v) is 8.37. The molecule has 3 heterocycles. The minimum Gasteiger partial charge on any atom is -0.465 e. The van der Waals surface area contributed by atoms with Crippen LogP contribution in [0.4, 0.5) is 4.79 Å². The summed E-state index contributed by atoms with van der Waals surface area (Å²) in [6.45, 7) is 8.68. The second-order valence-electron chi connectivity index (χ2n) is 7.43. The number of halogens is 1. The van der Waals surface area contributed by atoms with Gasteiger partial charge in [0.1, 0.15) is 4.60 Å². The summed E-state index contributed by atoms with van der Waals surface area (Å²) < 4.78 is 0.836. The van der Waals surface area contributed by atoms with Crippen molar-refractivity contribution in [3.05, 3.63) is 28.5 Å². The highest BCUT2D eigenvalue weighted by atomic mass is 79.9. The zero-order valence-electron chi connectivity index (χ0n) is 13.2. The van der Waals surface area contributed by atoms with Gasteiger partial charge in [-0.25, -0.2) is 9.78 Å². The van der Waals surface area contributed by atoms with E-state index in [-0.39, 0.29) is 11.0 Å². The molecule has 2 atom stereocenters. The summed E-state index contributed by atoms with van der Waals surface area (Å²) in [5.41, 5.74) is 0.806. The molecule has 0 aliphatic carbocycles. The fraction of sp³-hybridized carbons (Fsp3) is 0.625. The summed E-state index contributed by atoms with van der Waals surface area (Å²) in [6, 6.07) is 4.33. The van der Waals surface area contributed by atoms with Crippen LogP contribution in [0.15, 0.2) is 22.9 Å². The highest BCUT2D eigenvalue weighted by Gasteiger charge is 2.61. The van der Waals surface area contributed by atoms with E-state index >= 15 is 0 Å². The van der Waals surface area contributed by atoms with Crippen molar-refractivity contribution in [2.75, 3.05) is 13.1 Å². The molecule has 2 bridgehead atoms. The fourth-order valence-corrected chi connectivity index (χ4v) is 4.17. The van der Waals surface area contributed by atoms with Gasteiger partial charge < -0.3 is 5.11 Å². The van der Waals surface area contributed by atoms with Crippen LogP contribution < -0.4 is 0 Å². The Morgan fingerprint density at radius 3 is 2.77 bits per heavy atom. The van der Waals surface area contributed by atoms with Crippen molar-refractivity contribution >= 4 is 22.0 Å². The van der Waals surface area contributed by atoms with E-state index in [0.29, 0.717) is 12.6 Å². The lowest BCUT2D eigenvalue weighted by atomic mass is 9.73. The number of pyridine rings is 1. The van der Waals surface area contributed by atoms with Gasteiger partial charge in [0.15, 0.2) is 0 Å². The predicted molar refractivity (Wildman–Crippen MR) is 87.7 cm³/mol. The number of hydrogen-bond acceptors (Lipinski definition) is 3. The molecule has 1 N–H and O–H groups in total. The molecule has 0 saturated carbocycles. The Morgan fingerprint density at radius 1 is 1.50 bits per heavy atom. The maximum Gasteiger partial charge on any atom is 0.407 e. The summed E-state index contributed by atoms with van der Waals surface area (Å²) in [7, 11) is 0. The van der Waals surface area contributed by atoms with E-state index in [1.165, 1.54) is 5.56 Å². The number of rotatable bonds is 2. The highest BCUT2D eigenvalue weighted by Crippen LogP contribution is 2.50. The molecule has 2 fully saturated rings. The number of likely N-dealkylation sites (tertiary alicyclic amines) is 2. The first kappa shape index (κ1) is 15.7. The topological polar surface area (TPSA) is 56.7 Å². The van der Waals surface area contributed by atoms with Crippen molar-refractivity contribution in [1.29, 1.82) is 0 Å². The lowest BCUT2D eigenvalue weighted by Crippen LogP contribution is -2.61. The molecule has 0 aromatic carbocycles. The molecule has 3 rings (SSSR count). The Morgan fingerprint density at radius 2 is 2.23 bits per heavy atom. The van der Waals surface area contributed by atoms with E-state index in [4.69, 9.17) is 0 Å². The molecule has 2 aliphatic heterocycles. The molecule has 120 valence electrons. The van der Waals surface area contributed by atoms with Crippen molar-refractivity contribution in [2.45, 2.75) is 45.3 Å². The standard InChI is InChI=1S/C16H22BrN3O2/c1-15(2,3)16-6-12(9-20(16)14(21)22)19(10-16)8-11-4-5-13(17)18-7-11/h4-5,7,12H,6,8-10H2,1-3H3,(H,21,22)/t12-,16+/m0/s1. The van der Waals surface area contributed by atoms with Crippen molar-refractivity contribution < 1.29 is 9.90 Å². The first-order valence-electron chi connectivity index (χ1n) is 7.58. The largest absolute Gasteiger partial charge is 0.465 e. The monoisotopic (exact) mass is 367 g/mol. The van der Waals surface area contributed by atoms with Gasteiger partial charge in [0.25, 0.3) is 0 Å². The first-order chi connectivity index (χ1) is 10.2. The number of fused-ring (bicyclic) bond motifs is 2. The number of carbonyl (C=O) groups is 1. The van der Waals surface area contributed by atoms with Crippen LogP contribution in [0.5, 0.6) is 0 Å². The van der Waals surface area contributed by atoms with E-state index in [0.717, 1.165) is 24.1 Å². The molecular weight excluding hydrogens is 346 g/mol. The molecule has 0 spiro atoms. The second kappa shape index (κ2) is 5.20. The van der Waals surface area contributed by atoms with Gasteiger partial charge in [0.05, 0.1) is 5.54 Å². The zero-order valence-corrected chi connectivity index (χ0v) is 14.8. The lowest BCUT2D eigenvalue weighted by molar-refractivity contribution is 0.000884. The number of carboxylic acid groups (broad SMARTS) is 1. The Labute approximate surface area is 139 Å². The Hall–Kier alpha value is -1.14. The molecule has 5 nitrogen and oxygen atoms in total. The zero-order chi connectivity index (χ0) is 16.1. The molecule has 1 aromatic rings. The Bertz CT molecular complexity index is 584. The minimum absolute atomic E-state index is 0.0765. The number of amides is 1. The number of piperazine rings is 1. The fourth-order valence-electron chi connectivity index (χ4n) is 3.94. The van der Waals surface area contributed by atoms with Crippen LogP contribution in [0.2, 0.25) is 0 Å². The van der Waals surface area contributed by atoms with Crippen LogP contribution in [0.3, 0.4) is 0 Å². The molecule has 2 aliphatic rings. The van der Waals surface area contributed by atoms with E-state index < -0.39 is 6.09 Å². The number of nitrogens with zero attached hydrogens (tertiary/aromatic N) is 3. The van der Waals surface area contributed by atoms with E-state index in [1.807, 2.05) is 12.3 Å². The molecule has 22 heavy (non-hydrogen) atoms. The molecule has 0 unspecified atom stereocenters. The van der Waals surface area contributed by atoms with E-state index in [9.17, 15) is 9.90 Å². The van der Waals surface area contributed by atoms with Gasteiger partial charge in [-0.05, 0) is 39.4 Å². The minimum atomic E-state index is -0.789. The Balaban J connectivity index is 1.82. The molecule has 1 amide bonds. The van der Waals surface area contributed by atoms with Crippen LogP contribution in [-0.4, -0.2) is 50.7 Å². The summed E-state index contributed by atoms with van der Waals surface area (Å²) in [5, 5.41) is 9.56. The van der Waals surface area contributed by atoms with Crippen LogP contribution in [0.25, 0.3) is 0 Å². The van der Waals surface area contributed by atoms with Crippen molar-refractivity contribution in [3.8, 4) is 0 Å². The second-order valence-corrected chi connectivity index (χ2v) is 8.24. The van der Waals surface area contributed by atoms with E-state index in [2.05, 4.69) is 52.7 Å². The van der Waals surface area contributed by atoms with Gasteiger partial charge >= 0.3 is 6.09 Å². The van der Waals surface area contributed by atoms with Crippen LogP contribution >= 0.6 is 15.9 Å². The van der Waals surface area contributed by atoms with Gasteiger partial charge in [-0.15, -0.1) is 0 Å². The molecule has 0 radical (unpaired) electrons. The summed E-state index contributed by atoms with van der Waals surface area (Å²) in [5.74, 6) is 0. The average molecular weight is 368 g/mol. The van der Waals surface area contributed by atoms with E-state index in [1.54, 1.807) is 4.90 Å². The van der Waals surface area contributed by atoms with Crippen molar-refractivity contribution in [1.82, 2.24) is 14.8 Å². The molecule has 1 aromatic heterocycles. The third kappa shape index (κ3) is 2.42. The smallest absolute Gasteiger partial charge is 0.407 e.